The lowest BCUT2D eigenvalue weighted by Crippen LogP contribution is -2.15. The normalized spacial score (nSPS) is 15.6. The molecule has 7 aromatic carbocycles. The van der Waals surface area contributed by atoms with Crippen molar-refractivity contribution in [3.8, 4) is 39.9 Å². The molecule has 0 saturated heterocycles. The molecule has 0 bridgehead atoms. The first kappa shape index (κ1) is 34.9. The molecule has 0 N–H and O–H groups in total. The van der Waals surface area contributed by atoms with Crippen LogP contribution in [0.2, 0.25) is 0 Å². The Morgan fingerprint density at radius 1 is 0.561 bits per heavy atom. The molecule has 2 atom stereocenters. The predicted molar refractivity (Wildman–Crippen MR) is 240 cm³/mol. The van der Waals surface area contributed by atoms with Gasteiger partial charge in [0.1, 0.15) is 0 Å². The summed E-state index contributed by atoms with van der Waals surface area (Å²) in [4.78, 5) is 16.4. The minimum absolute atomic E-state index is 0.182. The second kappa shape index (κ2) is 14.8. The maximum atomic E-state index is 5.07. The van der Waals surface area contributed by atoms with Crippen LogP contribution >= 0.6 is 11.8 Å². The van der Waals surface area contributed by atoms with Gasteiger partial charge in [-0.3, -0.25) is 0 Å². The molecular formula is C52H40N4S. The van der Waals surface area contributed by atoms with Gasteiger partial charge in [-0.25, -0.2) is 15.0 Å². The van der Waals surface area contributed by atoms with Crippen molar-refractivity contribution in [3.63, 3.8) is 0 Å². The van der Waals surface area contributed by atoms with Crippen LogP contribution in [-0.2, 0) is 0 Å². The summed E-state index contributed by atoms with van der Waals surface area (Å²) in [6.45, 7) is 4.25. The van der Waals surface area contributed by atoms with Crippen molar-refractivity contribution in [1.29, 1.82) is 0 Å². The lowest BCUT2D eigenvalue weighted by Gasteiger charge is -2.26. The Hall–Kier alpha value is -6.56. The smallest absolute Gasteiger partial charge is 0.164 e. The van der Waals surface area contributed by atoms with E-state index in [1.807, 2.05) is 72.4 Å². The Labute approximate surface area is 337 Å². The van der Waals surface area contributed by atoms with E-state index >= 15 is 0 Å². The van der Waals surface area contributed by atoms with Gasteiger partial charge in [-0.2, -0.15) is 0 Å². The third kappa shape index (κ3) is 6.16. The molecule has 0 saturated carbocycles. The fourth-order valence-corrected chi connectivity index (χ4v) is 9.86. The Morgan fingerprint density at radius 2 is 1.16 bits per heavy atom. The number of hydrogen-bond acceptors (Lipinski definition) is 4. The van der Waals surface area contributed by atoms with Crippen molar-refractivity contribution in [3.05, 3.63) is 193 Å². The van der Waals surface area contributed by atoms with Crippen LogP contribution in [-0.4, -0.2) is 24.8 Å². The van der Waals surface area contributed by atoms with E-state index in [1.165, 1.54) is 60.6 Å². The third-order valence-corrected chi connectivity index (χ3v) is 12.2. The summed E-state index contributed by atoms with van der Waals surface area (Å²) in [5, 5.41) is 5.39. The van der Waals surface area contributed by atoms with Crippen LogP contribution in [0.5, 0.6) is 0 Å². The molecule has 57 heavy (non-hydrogen) atoms. The van der Waals surface area contributed by atoms with E-state index in [4.69, 9.17) is 15.0 Å². The van der Waals surface area contributed by atoms with Crippen molar-refractivity contribution >= 4 is 49.9 Å². The van der Waals surface area contributed by atoms with Gasteiger partial charge in [0.2, 0.25) is 0 Å². The summed E-state index contributed by atoms with van der Waals surface area (Å²) in [5.41, 5.74) is 10.4. The van der Waals surface area contributed by atoms with Crippen LogP contribution in [0.25, 0.3) is 78.0 Å². The molecule has 1 aliphatic carbocycles. The molecule has 2 aromatic heterocycles. The maximum absolute atomic E-state index is 5.07. The average molecular weight is 753 g/mol. The van der Waals surface area contributed by atoms with E-state index in [0.29, 0.717) is 17.5 Å². The molecular weight excluding hydrogens is 713 g/mol. The van der Waals surface area contributed by atoms with Crippen molar-refractivity contribution < 1.29 is 0 Å². The van der Waals surface area contributed by atoms with Gasteiger partial charge in [-0.05, 0) is 46.2 Å². The van der Waals surface area contributed by atoms with Gasteiger partial charge in [-0.1, -0.05) is 178 Å². The van der Waals surface area contributed by atoms with Crippen LogP contribution < -0.4 is 0 Å². The monoisotopic (exact) mass is 752 g/mol. The molecule has 0 radical (unpaired) electrons. The zero-order valence-electron chi connectivity index (χ0n) is 31.9. The topological polar surface area (TPSA) is 43.6 Å². The van der Waals surface area contributed by atoms with Crippen LogP contribution in [0.15, 0.2) is 187 Å². The molecule has 5 heteroatoms. The zero-order chi connectivity index (χ0) is 38.3. The molecule has 2 aliphatic rings. The highest BCUT2D eigenvalue weighted by molar-refractivity contribution is 8.01. The first-order valence-corrected chi connectivity index (χ1v) is 20.6. The fourth-order valence-electron chi connectivity index (χ4n) is 8.39. The van der Waals surface area contributed by atoms with Gasteiger partial charge in [0.25, 0.3) is 0 Å². The van der Waals surface area contributed by atoms with Crippen LogP contribution in [0.3, 0.4) is 0 Å². The second-order valence-electron chi connectivity index (χ2n) is 14.6. The van der Waals surface area contributed by atoms with Gasteiger partial charge in [-0.15, -0.1) is 11.8 Å². The van der Waals surface area contributed by atoms with E-state index in [9.17, 15) is 0 Å². The summed E-state index contributed by atoms with van der Waals surface area (Å²) in [6.07, 6.45) is 8.27. The molecule has 0 amide bonds. The number of nitrogens with zero attached hydrogens (tertiary/aromatic N) is 4. The molecule has 274 valence electrons. The van der Waals surface area contributed by atoms with E-state index in [-0.39, 0.29) is 11.2 Å². The van der Waals surface area contributed by atoms with Crippen molar-refractivity contribution in [2.24, 2.45) is 0 Å². The molecule has 11 rings (SSSR count). The van der Waals surface area contributed by atoms with Gasteiger partial charge < -0.3 is 4.57 Å². The number of para-hydroxylation sites is 2. The van der Waals surface area contributed by atoms with Crippen molar-refractivity contribution in [1.82, 2.24) is 19.5 Å². The summed E-state index contributed by atoms with van der Waals surface area (Å²) < 4.78 is 2.45. The first-order valence-electron chi connectivity index (χ1n) is 19.8. The van der Waals surface area contributed by atoms with Gasteiger partial charge in [0.05, 0.1) is 11.0 Å². The Balaban J connectivity index is 0.00000128. The second-order valence-corrected chi connectivity index (χ2v) is 15.8. The number of thioether (sulfide) groups is 1. The largest absolute Gasteiger partial charge is 0.309 e. The van der Waals surface area contributed by atoms with E-state index in [2.05, 4.69) is 140 Å². The number of rotatable bonds is 5. The predicted octanol–water partition coefficient (Wildman–Crippen LogP) is 13.8. The Bertz CT molecular complexity index is 2940. The minimum Gasteiger partial charge on any atom is -0.309 e. The molecule has 4 nitrogen and oxygen atoms in total. The first-order chi connectivity index (χ1) is 28.2. The summed E-state index contributed by atoms with van der Waals surface area (Å²) in [7, 11) is 0. The van der Waals surface area contributed by atoms with Crippen LogP contribution in [0.1, 0.15) is 37.3 Å². The number of hydrogen-bond donors (Lipinski definition) is 0. The lowest BCUT2D eigenvalue weighted by molar-refractivity contribution is 0.894. The van der Waals surface area contributed by atoms with Crippen LogP contribution in [0, 0.1) is 0 Å². The highest BCUT2D eigenvalue weighted by Gasteiger charge is 2.37. The molecule has 0 spiro atoms. The van der Waals surface area contributed by atoms with E-state index in [1.54, 1.807) is 0 Å². The highest BCUT2D eigenvalue weighted by atomic mass is 32.2. The Morgan fingerprint density at radius 3 is 1.89 bits per heavy atom. The van der Waals surface area contributed by atoms with Gasteiger partial charge >= 0.3 is 0 Å². The Kier molecular flexibility index (Phi) is 9.08. The molecule has 1 aliphatic heterocycles. The maximum Gasteiger partial charge on any atom is 0.164 e. The van der Waals surface area contributed by atoms with Gasteiger partial charge in [0, 0.05) is 54.8 Å². The lowest BCUT2D eigenvalue weighted by atomic mass is 9.83. The summed E-state index contributed by atoms with van der Waals surface area (Å²) in [6, 6.07) is 58.0. The SMILES string of the molecule is C1=CC(c2cccc3c4ccccc4n(-c4cccc(-c5nc(-c6ccccc6)nc(-c6ccccc6)n5)c4)c23)C2Sc3ccc4ccccc4c3C2=C1.CCC. The third-order valence-electron chi connectivity index (χ3n) is 10.8. The summed E-state index contributed by atoms with van der Waals surface area (Å²) in [5.74, 6) is 2.13. The number of allylic oxidation sites excluding steroid dienone is 3. The average Bonchev–Trinajstić information content (AvgIpc) is 3.84. The van der Waals surface area contributed by atoms with E-state index < -0.39 is 0 Å². The number of aromatic nitrogens is 4. The molecule has 0 fully saturated rings. The van der Waals surface area contributed by atoms with E-state index in [0.717, 1.165) is 22.4 Å². The van der Waals surface area contributed by atoms with Crippen molar-refractivity contribution in [2.75, 3.05) is 0 Å². The fraction of sp³-hybridized carbons (Fsp3) is 0.0962. The molecule has 9 aromatic rings. The quantitative estimate of drug-likeness (QED) is 0.176. The van der Waals surface area contributed by atoms with Gasteiger partial charge in [0.15, 0.2) is 17.5 Å². The number of benzene rings is 7. The minimum atomic E-state index is 0.182. The van der Waals surface area contributed by atoms with Crippen molar-refractivity contribution in [2.45, 2.75) is 36.3 Å². The standard InChI is InChI=1S/C49H32N4S.C3H8/c1-3-15-32(16-4-1)47-50-48(33-17-5-2-6-18-33)52-49(51-47)34-19-11-20-35(30-34)53-42-27-10-9-22-37(42)38-23-12-24-39(45(38)53)40-25-13-26-41-44-36-21-8-7-14-31(36)28-29-43(44)54-46(40)41;1-3-2/h1-30,40,46H;3H2,1-2H3. The highest BCUT2D eigenvalue weighted by Crippen LogP contribution is 2.55. The molecule has 2 unspecified atom stereocenters. The summed E-state index contributed by atoms with van der Waals surface area (Å²) >= 11 is 2.00. The molecule has 3 heterocycles. The zero-order valence-corrected chi connectivity index (χ0v) is 32.7. The number of fused-ring (bicyclic) bond motifs is 8. The van der Waals surface area contributed by atoms with Crippen LogP contribution in [0.4, 0.5) is 0 Å².